The molecular weight excluding hydrogens is 416 g/mol. The fourth-order valence-corrected chi connectivity index (χ4v) is 5.46. The maximum atomic E-state index is 13.0. The van der Waals surface area contributed by atoms with Gasteiger partial charge in [-0.15, -0.1) is 0 Å². The molecule has 0 bridgehead atoms. The predicted molar refractivity (Wildman–Crippen MR) is 126 cm³/mol. The van der Waals surface area contributed by atoms with Crippen molar-refractivity contribution in [3.05, 3.63) is 71.3 Å². The van der Waals surface area contributed by atoms with Gasteiger partial charge in [0.15, 0.2) is 0 Å². The zero-order chi connectivity index (χ0) is 22.8. The van der Waals surface area contributed by atoms with E-state index in [-0.39, 0.29) is 48.9 Å². The Bertz CT molecular complexity index is 1010. The number of rotatable bonds is 5. The van der Waals surface area contributed by atoms with Crippen molar-refractivity contribution in [2.24, 2.45) is 5.92 Å². The molecule has 3 aliphatic heterocycles. The van der Waals surface area contributed by atoms with Crippen molar-refractivity contribution in [3.8, 4) is 0 Å². The molecule has 3 fully saturated rings. The molecule has 3 saturated heterocycles. The van der Waals surface area contributed by atoms with Gasteiger partial charge in [0.2, 0.25) is 11.8 Å². The first-order valence-electron chi connectivity index (χ1n) is 11.8. The van der Waals surface area contributed by atoms with E-state index in [0.717, 1.165) is 29.5 Å². The van der Waals surface area contributed by atoms with Crippen LogP contribution >= 0.6 is 0 Å². The number of ether oxygens (including phenoxy) is 1. The van der Waals surface area contributed by atoms with Gasteiger partial charge in [0.25, 0.3) is 0 Å². The van der Waals surface area contributed by atoms with Crippen LogP contribution in [0.1, 0.15) is 35.4 Å². The summed E-state index contributed by atoms with van der Waals surface area (Å²) in [5.74, 6) is -0.0272. The molecule has 2 aromatic carbocycles. The largest absolute Gasteiger partial charge is 0.394 e. The van der Waals surface area contributed by atoms with Crippen molar-refractivity contribution in [2.45, 2.75) is 30.8 Å². The molecule has 0 unspecified atom stereocenters. The summed E-state index contributed by atoms with van der Waals surface area (Å²) in [6.07, 6.45) is 5.60. The van der Waals surface area contributed by atoms with Crippen LogP contribution in [0, 0.1) is 5.92 Å². The fraction of sp³-hybridized carbons (Fsp3) is 0.407. The van der Waals surface area contributed by atoms with E-state index in [1.807, 2.05) is 18.2 Å². The zero-order valence-electron chi connectivity index (χ0n) is 18.7. The topological polar surface area (TPSA) is 70.1 Å². The number of amides is 2. The first-order chi connectivity index (χ1) is 16.2. The van der Waals surface area contributed by atoms with Crippen LogP contribution in [0.2, 0.25) is 0 Å². The van der Waals surface area contributed by atoms with Crippen LogP contribution in [-0.4, -0.2) is 71.7 Å². The van der Waals surface area contributed by atoms with Gasteiger partial charge in [-0.25, -0.2) is 0 Å². The molecular formula is C27H30N2O4. The number of aliphatic hydroxyl groups excluding tert-OH is 1. The Morgan fingerprint density at radius 2 is 1.67 bits per heavy atom. The van der Waals surface area contributed by atoms with E-state index in [1.54, 1.807) is 9.80 Å². The van der Waals surface area contributed by atoms with Crippen LogP contribution in [0.3, 0.4) is 0 Å². The second-order valence-corrected chi connectivity index (χ2v) is 9.16. The van der Waals surface area contributed by atoms with Gasteiger partial charge in [0.05, 0.1) is 25.2 Å². The second kappa shape index (κ2) is 9.49. The van der Waals surface area contributed by atoms with E-state index < -0.39 is 0 Å². The summed E-state index contributed by atoms with van der Waals surface area (Å²) in [4.78, 5) is 29.4. The van der Waals surface area contributed by atoms with E-state index >= 15 is 0 Å². The van der Waals surface area contributed by atoms with Gasteiger partial charge in [-0.3, -0.25) is 9.59 Å². The molecule has 5 rings (SSSR count). The third-order valence-corrected chi connectivity index (χ3v) is 7.22. The summed E-state index contributed by atoms with van der Waals surface area (Å²) >= 11 is 0. The van der Waals surface area contributed by atoms with Crippen molar-refractivity contribution in [1.29, 1.82) is 0 Å². The average Bonchev–Trinajstić information content (AvgIpc) is 2.85. The monoisotopic (exact) mass is 446 g/mol. The quantitative estimate of drug-likeness (QED) is 0.717. The molecule has 3 heterocycles. The van der Waals surface area contributed by atoms with Crippen molar-refractivity contribution in [2.75, 3.05) is 32.9 Å². The highest BCUT2D eigenvalue weighted by atomic mass is 16.5. The summed E-state index contributed by atoms with van der Waals surface area (Å²) in [6, 6.07) is 18.1. The highest BCUT2D eigenvalue weighted by Crippen LogP contribution is 2.43. The third kappa shape index (κ3) is 4.33. The van der Waals surface area contributed by atoms with E-state index in [1.165, 1.54) is 0 Å². The number of piperazine rings is 1. The molecule has 0 spiro atoms. The molecule has 33 heavy (non-hydrogen) atoms. The van der Waals surface area contributed by atoms with Crippen LogP contribution in [0.4, 0.5) is 0 Å². The van der Waals surface area contributed by atoms with Crippen molar-refractivity contribution in [1.82, 2.24) is 9.80 Å². The Hall–Kier alpha value is -2.96. The molecule has 1 N–H and O–H groups in total. The number of carbonyl (C=O) groups excluding carboxylic acids is 2. The Balaban J connectivity index is 1.30. The van der Waals surface area contributed by atoms with Gasteiger partial charge >= 0.3 is 0 Å². The van der Waals surface area contributed by atoms with Crippen LogP contribution in [0.5, 0.6) is 0 Å². The number of fused-ring (bicyclic) bond motifs is 1. The number of benzene rings is 2. The number of carbonyl (C=O) groups is 2. The molecule has 0 aromatic heterocycles. The molecule has 172 valence electrons. The van der Waals surface area contributed by atoms with E-state index in [9.17, 15) is 14.7 Å². The molecule has 0 saturated carbocycles. The van der Waals surface area contributed by atoms with E-state index in [0.29, 0.717) is 19.8 Å². The number of hydrogen-bond acceptors (Lipinski definition) is 4. The second-order valence-electron chi connectivity index (χ2n) is 9.16. The molecule has 3 atom stereocenters. The van der Waals surface area contributed by atoms with E-state index in [4.69, 9.17) is 4.74 Å². The number of nitrogens with zero attached hydrogens (tertiary/aromatic N) is 2. The van der Waals surface area contributed by atoms with Gasteiger partial charge in [0, 0.05) is 31.6 Å². The first kappa shape index (κ1) is 21.9. The summed E-state index contributed by atoms with van der Waals surface area (Å²) in [6.45, 7) is 1.77. The van der Waals surface area contributed by atoms with Crippen LogP contribution in [0.25, 0.3) is 12.2 Å². The zero-order valence-corrected chi connectivity index (χ0v) is 18.7. The molecule has 0 aliphatic carbocycles. The number of aliphatic hydroxyl groups is 1. The van der Waals surface area contributed by atoms with Crippen LogP contribution in [0.15, 0.2) is 54.6 Å². The molecule has 3 aliphatic rings. The Morgan fingerprint density at radius 1 is 1.00 bits per heavy atom. The van der Waals surface area contributed by atoms with Gasteiger partial charge in [-0.2, -0.15) is 0 Å². The molecule has 6 nitrogen and oxygen atoms in total. The Morgan fingerprint density at radius 3 is 2.33 bits per heavy atom. The summed E-state index contributed by atoms with van der Waals surface area (Å²) in [5, 5.41) is 10.0. The molecule has 2 aromatic rings. The van der Waals surface area contributed by atoms with E-state index in [2.05, 4.69) is 48.6 Å². The Labute approximate surface area is 194 Å². The highest BCUT2D eigenvalue weighted by molar-refractivity contribution is 5.88. The minimum Gasteiger partial charge on any atom is -0.394 e. The summed E-state index contributed by atoms with van der Waals surface area (Å²) in [7, 11) is 0. The lowest BCUT2D eigenvalue weighted by Gasteiger charge is -2.59. The smallest absolute Gasteiger partial charge is 0.242 e. The van der Waals surface area contributed by atoms with Crippen LogP contribution in [-0.2, 0) is 14.3 Å². The van der Waals surface area contributed by atoms with Gasteiger partial charge in [-0.05, 0) is 29.5 Å². The maximum absolute atomic E-state index is 13.0. The van der Waals surface area contributed by atoms with Gasteiger partial charge in [-0.1, -0.05) is 66.7 Å². The maximum Gasteiger partial charge on any atom is 0.242 e. The lowest BCUT2D eigenvalue weighted by Crippen LogP contribution is -2.73. The standard InChI is InChI=1S/C27H30N2O4/c30-18-24-26(21-10-8-20(9-11-21)7-6-19-4-2-1-3-5-19)23-16-28(17-25(31)29(23)24)27(32)22-12-14-33-15-13-22/h1-11,22-24,26,30H,12-18H2/t23-,24+,26-/m0/s1. The highest BCUT2D eigenvalue weighted by Gasteiger charge is 2.54. The Kier molecular flexibility index (Phi) is 6.29. The minimum absolute atomic E-state index is 0.0244. The minimum atomic E-state index is -0.228. The van der Waals surface area contributed by atoms with Crippen molar-refractivity contribution < 1.29 is 19.4 Å². The SMILES string of the molecule is O=C(C1CCOCC1)N1CC(=O)N2[C@H](CO)[C@@H](c3ccc(C=Cc4ccccc4)cc3)[C@@H]2C1. The van der Waals surface area contributed by atoms with Crippen LogP contribution < -0.4 is 0 Å². The molecule has 0 radical (unpaired) electrons. The lowest BCUT2D eigenvalue weighted by molar-refractivity contribution is -0.169. The lowest BCUT2D eigenvalue weighted by atomic mass is 9.73. The summed E-state index contributed by atoms with van der Waals surface area (Å²) < 4.78 is 5.38. The fourth-order valence-electron chi connectivity index (χ4n) is 5.46. The molecule has 6 heteroatoms. The van der Waals surface area contributed by atoms with Crippen molar-refractivity contribution >= 4 is 24.0 Å². The first-order valence-corrected chi connectivity index (χ1v) is 11.8. The normalized spacial score (nSPS) is 25.7. The molecule has 2 amide bonds. The summed E-state index contributed by atoms with van der Waals surface area (Å²) in [5.41, 5.74) is 3.34. The van der Waals surface area contributed by atoms with Crippen molar-refractivity contribution in [3.63, 3.8) is 0 Å². The van der Waals surface area contributed by atoms with Gasteiger partial charge in [0.1, 0.15) is 0 Å². The third-order valence-electron chi connectivity index (χ3n) is 7.22. The number of hydrogen-bond donors (Lipinski definition) is 1. The van der Waals surface area contributed by atoms with Gasteiger partial charge < -0.3 is 19.6 Å². The predicted octanol–water partition coefficient (Wildman–Crippen LogP) is 2.78. The average molecular weight is 447 g/mol.